The molecule has 1 aromatic rings. The molecule has 2 N–H and O–H groups in total. The van der Waals surface area contributed by atoms with Crippen LogP contribution in [0.5, 0.6) is 0 Å². The molecule has 0 spiro atoms. The van der Waals surface area contributed by atoms with E-state index < -0.39 is 78.3 Å². The van der Waals surface area contributed by atoms with Crippen LogP contribution in [-0.4, -0.2) is 81.0 Å². The monoisotopic (exact) mass is 479 g/mol. The lowest BCUT2D eigenvalue weighted by atomic mass is 9.93. The lowest BCUT2D eigenvalue weighted by Crippen LogP contribution is -2.54. The quantitative estimate of drug-likeness (QED) is 0.374. The van der Waals surface area contributed by atoms with Crippen LogP contribution in [0.2, 0.25) is 0 Å². The summed E-state index contributed by atoms with van der Waals surface area (Å²) in [6.45, 7) is -1.16. The Morgan fingerprint density at radius 2 is 1.94 bits per heavy atom. The van der Waals surface area contributed by atoms with Crippen LogP contribution >= 0.6 is 0 Å². The van der Waals surface area contributed by atoms with Crippen LogP contribution in [0.25, 0.3) is 0 Å². The molecule has 2 rings (SSSR count). The average molecular weight is 479 g/mol. The molecular weight excluding hydrogens is 458 g/mol. The van der Waals surface area contributed by atoms with Gasteiger partial charge in [0.2, 0.25) is 10.0 Å². The molecule has 2 atom stereocenters. The van der Waals surface area contributed by atoms with E-state index in [9.17, 15) is 41.6 Å². The molecule has 0 aromatic heterocycles. The highest BCUT2D eigenvalue weighted by atomic mass is 32.2. The number of carboxylic acid groups (broad SMARTS) is 1. The topological polar surface area (TPSA) is 190 Å². The number of nitro groups is 1. The number of hydrogen-bond acceptors (Lipinski definition) is 9. The van der Waals surface area contributed by atoms with Crippen LogP contribution in [0.15, 0.2) is 29.2 Å². The summed E-state index contributed by atoms with van der Waals surface area (Å²) in [6, 6.07) is 3.73. The highest BCUT2D eigenvalue weighted by Gasteiger charge is 2.41. The first-order valence-electron chi connectivity index (χ1n) is 8.90. The van der Waals surface area contributed by atoms with Gasteiger partial charge in [-0.25, -0.2) is 21.6 Å². The summed E-state index contributed by atoms with van der Waals surface area (Å²) in [4.78, 5) is 33.3. The molecule has 0 bridgehead atoms. The standard InChI is InChI=1S/C16H21N3O10S2/c1-30(25,26)9-8-29-16(22)17-12-6-7-18(10-11(12)15(20)21)31(27,28)14-5-3-2-4-13(14)19(23)24/h2-5,11-12H,6-10H2,1H3,(H,17,22)(H,20,21)/t11-,12-/m0/s1. The Morgan fingerprint density at radius 1 is 1.29 bits per heavy atom. The van der Waals surface area contributed by atoms with Gasteiger partial charge >= 0.3 is 12.1 Å². The number of sulfonamides is 1. The summed E-state index contributed by atoms with van der Waals surface area (Å²) in [5.41, 5.74) is -0.635. The fraction of sp³-hybridized carbons (Fsp3) is 0.500. The number of hydrogen-bond donors (Lipinski definition) is 2. The number of amides is 1. The first-order chi connectivity index (χ1) is 14.3. The molecule has 1 amide bonds. The molecule has 13 nitrogen and oxygen atoms in total. The SMILES string of the molecule is CS(=O)(=O)CCOC(=O)N[C@H]1CCN(S(=O)(=O)c2ccccc2[N+](=O)[O-])C[C@@H]1C(=O)O. The van der Waals surface area contributed by atoms with Gasteiger partial charge in [-0.3, -0.25) is 14.9 Å². The summed E-state index contributed by atoms with van der Waals surface area (Å²) < 4.78 is 53.5. The zero-order valence-electron chi connectivity index (χ0n) is 16.3. The molecule has 1 saturated heterocycles. The Kier molecular flexibility index (Phi) is 7.56. The van der Waals surface area contributed by atoms with E-state index in [4.69, 9.17) is 4.74 Å². The second-order valence-corrected chi connectivity index (χ2v) is 11.0. The highest BCUT2D eigenvalue weighted by Crippen LogP contribution is 2.29. The fourth-order valence-corrected chi connectivity index (χ4v) is 5.03. The average Bonchev–Trinajstić information content (AvgIpc) is 2.66. The van der Waals surface area contributed by atoms with Gasteiger partial charge < -0.3 is 15.2 Å². The molecule has 15 heteroatoms. The van der Waals surface area contributed by atoms with Gasteiger partial charge in [0.25, 0.3) is 5.69 Å². The number of benzene rings is 1. The summed E-state index contributed by atoms with van der Waals surface area (Å²) in [6.07, 6.45) is -0.171. The van der Waals surface area contributed by atoms with Gasteiger partial charge in [0.15, 0.2) is 14.7 Å². The van der Waals surface area contributed by atoms with Crippen molar-refractivity contribution >= 4 is 37.6 Å². The maximum atomic E-state index is 12.9. The van der Waals surface area contributed by atoms with Crippen molar-refractivity contribution in [3.8, 4) is 0 Å². The molecule has 1 aliphatic rings. The summed E-state index contributed by atoms with van der Waals surface area (Å²) in [5.74, 6) is -3.15. The van der Waals surface area contributed by atoms with Crippen LogP contribution in [0.1, 0.15) is 6.42 Å². The van der Waals surface area contributed by atoms with Crippen molar-refractivity contribution in [1.29, 1.82) is 0 Å². The van der Waals surface area contributed by atoms with E-state index in [1.165, 1.54) is 12.1 Å². The van der Waals surface area contributed by atoms with Gasteiger partial charge in [0.05, 0.1) is 16.6 Å². The van der Waals surface area contributed by atoms with Crippen molar-refractivity contribution in [2.75, 3.05) is 31.7 Å². The first kappa shape index (κ1) is 24.5. The maximum absolute atomic E-state index is 12.9. The smallest absolute Gasteiger partial charge is 0.407 e. The number of carbonyl (C=O) groups is 2. The van der Waals surface area contributed by atoms with Gasteiger partial charge in [0.1, 0.15) is 6.61 Å². The molecule has 31 heavy (non-hydrogen) atoms. The van der Waals surface area contributed by atoms with E-state index in [1.807, 2.05) is 0 Å². The van der Waals surface area contributed by atoms with Crippen molar-refractivity contribution in [2.24, 2.45) is 5.92 Å². The molecule has 1 heterocycles. The second kappa shape index (κ2) is 9.57. The molecule has 0 saturated carbocycles. The zero-order chi connectivity index (χ0) is 23.4. The molecular formula is C16H21N3O10S2. The predicted molar refractivity (Wildman–Crippen MR) is 106 cm³/mol. The van der Waals surface area contributed by atoms with Crippen LogP contribution in [0.4, 0.5) is 10.5 Å². The van der Waals surface area contributed by atoms with Gasteiger partial charge in [0, 0.05) is 31.5 Å². The second-order valence-electron chi connectivity index (χ2n) is 6.84. The number of rotatable bonds is 8. The van der Waals surface area contributed by atoms with Crippen molar-refractivity contribution in [2.45, 2.75) is 17.4 Å². The van der Waals surface area contributed by atoms with E-state index in [2.05, 4.69) is 5.32 Å². The minimum absolute atomic E-state index is 0.0992. The summed E-state index contributed by atoms with van der Waals surface area (Å²) in [7, 11) is -7.73. The third-order valence-electron chi connectivity index (χ3n) is 4.56. The Bertz CT molecular complexity index is 1070. The Hall–Kier alpha value is -2.78. The molecule has 0 aliphatic carbocycles. The number of ether oxygens (including phenoxy) is 1. The van der Waals surface area contributed by atoms with E-state index in [0.717, 1.165) is 22.7 Å². The number of carboxylic acids is 1. The van der Waals surface area contributed by atoms with Crippen LogP contribution in [0.3, 0.4) is 0 Å². The zero-order valence-corrected chi connectivity index (χ0v) is 18.0. The number of piperidine rings is 1. The first-order valence-corrected chi connectivity index (χ1v) is 12.4. The van der Waals surface area contributed by atoms with Crippen LogP contribution in [-0.2, 0) is 29.4 Å². The number of para-hydroxylation sites is 1. The number of nitrogens with one attached hydrogen (secondary N) is 1. The minimum Gasteiger partial charge on any atom is -0.481 e. The van der Waals surface area contributed by atoms with E-state index in [0.29, 0.717) is 0 Å². The number of aliphatic carboxylic acids is 1. The Labute approximate surface area is 178 Å². The highest BCUT2D eigenvalue weighted by molar-refractivity contribution is 7.90. The van der Waals surface area contributed by atoms with Crippen molar-refractivity contribution < 1.29 is 41.2 Å². The van der Waals surface area contributed by atoms with Gasteiger partial charge in [-0.2, -0.15) is 4.31 Å². The summed E-state index contributed by atoms with van der Waals surface area (Å²) in [5, 5.41) is 23.0. The normalized spacial score (nSPS) is 20.0. The number of nitrogens with zero attached hydrogens (tertiary/aromatic N) is 2. The largest absolute Gasteiger partial charge is 0.481 e. The van der Waals surface area contributed by atoms with Gasteiger partial charge in [-0.05, 0) is 12.5 Å². The molecule has 1 aromatic carbocycles. The van der Waals surface area contributed by atoms with E-state index in [1.54, 1.807) is 0 Å². The third-order valence-corrected chi connectivity index (χ3v) is 7.38. The fourth-order valence-electron chi connectivity index (χ4n) is 3.01. The predicted octanol–water partition coefficient (Wildman–Crippen LogP) is -0.171. The summed E-state index contributed by atoms with van der Waals surface area (Å²) >= 11 is 0. The molecule has 1 aliphatic heterocycles. The van der Waals surface area contributed by atoms with E-state index >= 15 is 0 Å². The lowest BCUT2D eigenvalue weighted by molar-refractivity contribution is -0.387. The molecule has 172 valence electrons. The minimum atomic E-state index is -4.37. The number of carbonyl (C=O) groups excluding carboxylic acids is 1. The van der Waals surface area contributed by atoms with Gasteiger partial charge in [-0.1, -0.05) is 12.1 Å². The maximum Gasteiger partial charge on any atom is 0.407 e. The number of nitro benzene ring substituents is 1. The van der Waals surface area contributed by atoms with Crippen molar-refractivity contribution in [1.82, 2.24) is 9.62 Å². The third kappa shape index (κ3) is 6.35. The van der Waals surface area contributed by atoms with Crippen LogP contribution in [0, 0.1) is 16.0 Å². The van der Waals surface area contributed by atoms with Crippen molar-refractivity contribution in [3.05, 3.63) is 34.4 Å². The lowest BCUT2D eigenvalue weighted by Gasteiger charge is -2.35. The molecule has 1 fully saturated rings. The molecule has 0 radical (unpaired) electrons. The Morgan fingerprint density at radius 3 is 2.52 bits per heavy atom. The molecule has 0 unspecified atom stereocenters. The number of sulfone groups is 1. The van der Waals surface area contributed by atoms with Gasteiger partial charge in [-0.15, -0.1) is 0 Å². The van der Waals surface area contributed by atoms with Crippen LogP contribution < -0.4 is 5.32 Å². The van der Waals surface area contributed by atoms with E-state index in [-0.39, 0.29) is 13.0 Å². The Balaban J connectivity index is 2.14. The number of alkyl carbamates (subject to hydrolysis) is 1. The van der Waals surface area contributed by atoms with Crippen molar-refractivity contribution in [3.63, 3.8) is 0 Å².